The van der Waals surface area contributed by atoms with Crippen LogP contribution >= 0.6 is 0 Å². The quantitative estimate of drug-likeness (QED) is 0.508. The van der Waals surface area contributed by atoms with Crippen molar-refractivity contribution in [3.05, 3.63) is 39.9 Å². The van der Waals surface area contributed by atoms with Crippen molar-refractivity contribution < 1.29 is 24.7 Å². The molecule has 0 bridgehead atoms. The number of carbonyl (C=O) groups excluding carboxylic acids is 1. The monoisotopic (exact) mass is 270 g/mol. The topological polar surface area (TPSA) is 136 Å². The van der Waals surface area contributed by atoms with Crippen LogP contribution in [0, 0.1) is 10.1 Å². The number of aliphatic hydroxyl groups is 2. The summed E-state index contributed by atoms with van der Waals surface area (Å²) in [5.41, 5.74) is 5.06. The molecule has 0 aliphatic rings. The Bertz CT molecular complexity index is 447. The molecule has 2 unspecified atom stereocenters. The second kappa shape index (κ2) is 6.66. The molecule has 19 heavy (non-hydrogen) atoms. The van der Waals surface area contributed by atoms with Gasteiger partial charge in [0, 0.05) is 18.6 Å². The third-order valence-corrected chi connectivity index (χ3v) is 2.40. The highest BCUT2D eigenvalue weighted by molar-refractivity contribution is 5.64. The van der Waals surface area contributed by atoms with E-state index in [0.29, 0.717) is 5.56 Å². The number of nitro benzene ring substituents is 1. The molecule has 4 N–H and O–H groups in total. The van der Waals surface area contributed by atoms with Crippen molar-refractivity contribution in [2.45, 2.75) is 18.6 Å². The van der Waals surface area contributed by atoms with Gasteiger partial charge in [-0.05, 0) is 17.7 Å². The second-order valence-electron chi connectivity index (χ2n) is 3.88. The number of rotatable bonds is 6. The molecule has 0 heterocycles. The number of nitrogens with two attached hydrogens (primary N) is 1. The summed E-state index contributed by atoms with van der Waals surface area (Å²) in [6.07, 6.45) is -3.18. The maximum Gasteiger partial charge on any atom is 0.404 e. The average Bonchev–Trinajstić information content (AvgIpc) is 2.36. The number of non-ortho nitro benzene ring substituents is 1. The summed E-state index contributed by atoms with van der Waals surface area (Å²) in [5, 5.41) is 29.7. The highest BCUT2D eigenvalue weighted by Crippen LogP contribution is 2.21. The van der Waals surface area contributed by atoms with Crippen LogP contribution in [-0.4, -0.2) is 33.9 Å². The lowest BCUT2D eigenvalue weighted by Crippen LogP contribution is -2.23. The molecule has 2 atom stereocenters. The lowest BCUT2D eigenvalue weighted by Gasteiger charge is -2.15. The van der Waals surface area contributed by atoms with E-state index in [9.17, 15) is 25.1 Å². The highest BCUT2D eigenvalue weighted by Gasteiger charge is 2.16. The van der Waals surface area contributed by atoms with Crippen LogP contribution in [0.5, 0.6) is 0 Å². The van der Waals surface area contributed by atoms with Crippen LogP contribution in [0.4, 0.5) is 10.5 Å². The van der Waals surface area contributed by atoms with E-state index in [0.717, 1.165) is 0 Å². The molecule has 8 heteroatoms. The Morgan fingerprint density at radius 1 is 1.37 bits per heavy atom. The molecule has 0 aromatic heterocycles. The summed E-state index contributed by atoms with van der Waals surface area (Å²) in [6.45, 7) is -0.320. The zero-order chi connectivity index (χ0) is 14.4. The van der Waals surface area contributed by atoms with Gasteiger partial charge in [-0.3, -0.25) is 10.1 Å². The summed E-state index contributed by atoms with van der Waals surface area (Å²) < 4.78 is 4.38. The van der Waals surface area contributed by atoms with Gasteiger partial charge in [0.25, 0.3) is 5.69 Å². The van der Waals surface area contributed by atoms with Gasteiger partial charge >= 0.3 is 6.09 Å². The number of hydrogen-bond acceptors (Lipinski definition) is 6. The fraction of sp³-hybridized carbons (Fsp3) is 0.364. The number of nitrogens with zero attached hydrogens (tertiary/aromatic N) is 1. The average molecular weight is 270 g/mol. The van der Waals surface area contributed by atoms with E-state index in [-0.39, 0.29) is 18.7 Å². The molecule has 0 radical (unpaired) electrons. The van der Waals surface area contributed by atoms with Crippen molar-refractivity contribution in [3.63, 3.8) is 0 Å². The molecule has 1 aromatic carbocycles. The van der Waals surface area contributed by atoms with Crippen molar-refractivity contribution in [3.8, 4) is 0 Å². The van der Waals surface area contributed by atoms with Gasteiger partial charge in [0.05, 0.1) is 17.1 Å². The van der Waals surface area contributed by atoms with Crippen LogP contribution in [0.15, 0.2) is 24.3 Å². The lowest BCUT2D eigenvalue weighted by molar-refractivity contribution is -0.384. The zero-order valence-electron chi connectivity index (χ0n) is 9.93. The Balaban J connectivity index is 2.55. The Morgan fingerprint density at radius 3 is 2.42 bits per heavy atom. The minimum absolute atomic E-state index is 0.0783. The first kappa shape index (κ1) is 14.9. The molecule has 0 spiro atoms. The number of nitro groups is 1. The van der Waals surface area contributed by atoms with Crippen LogP contribution in [0.1, 0.15) is 18.1 Å². The first-order chi connectivity index (χ1) is 8.90. The second-order valence-corrected chi connectivity index (χ2v) is 3.88. The molecule has 0 aliphatic carbocycles. The fourth-order valence-electron chi connectivity index (χ4n) is 1.46. The van der Waals surface area contributed by atoms with Crippen LogP contribution < -0.4 is 5.73 Å². The van der Waals surface area contributed by atoms with Gasteiger partial charge in [0.2, 0.25) is 0 Å². The minimum atomic E-state index is -1.07. The molecule has 104 valence electrons. The normalized spacial score (nSPS) is 13.6. The maximum atomic E-state index is 10.5. The number of carbonyl (C=O) groups is 1. The van der Waals surface area contributed by atoms with Gasteiger partial charge in [0.1, 0.15) is 6.61 Å². The Labute approximate surface area is 108 Å². The predicted octanol–water partition coefficient (Wildman–Crippen LogP) is 0.475. The molecular weight excluding hydrogens is 256 g/mol. The van der Waals surface area contributed by atoms with Crippen molar-refractivity contribution in [2.75, 3.05) is 6.61 Å². The van der Waals surface area contributed by atoms with Crippen molar-refractivity contribution in [1.82, 2.24) is 0 Å². The summed E-state index contributed by atoms with van der Waals surface area (Å²) in [4.78, 5) is 20.2. The number of primary amides is 1. The van der Waals surface area contributed by atoms with E-state index in [1.807, 2.05) is 0 Å². The standard InChI is InChI=1S/C11H14N2O6/c12-11(16)19-6-9(14)5-10(15)7-1-3-8(4-2-7)13(17)18/h1-4,9-10,14-15H,5-6H2,(H2,12,16). The van der Waals surface area contributed by atoms with Crippen LogP contribution in [0.2, 0.25) is 0 Å². The van der Waals surface area contributed by atoms with E-state index in [2.05, 4.69) is 4.74 Å². The summed E-state index contributed by atoms with van der Waals surface area (Å²) >= 11 is 0. The van der Waals surface area contributed by atoms with Gasteiger partial charge < -0.3 is 20.7 Å². The summed E-state index contributed by atoms with van der Waals surface area (Å²) in [5.74, 6) is 0. The van der Waals surface area contributed by atoms with E-state index in [1.165, 1.54) is 24.3 Å². The molecular formula is C11H14N2O6. The van der Waals surface area contributed by atoms with Crippen LogP contribution in [0.25, 0.3) is 0 Å². The first-order valence-corrected chi connectivity index (χ1v) is 5.43. The SMILES string of the molecule is NC(=O)OCC(O)CC(O)c1ccc([N+](=O)[O-])cc1. The van der Waals surface area contributed by atoms with Crippen molar-refractivity contribution in [2.24, 2.45) is 5.73 Å². The van der Waals surface area contributed by atoms with E-state index in [4.69, 9.17) is 5.73 Å². The molecule has 8 nitrogen and oxygen atoms in total. The van der Waals surface area contributed by atoms with Crippen LogP contribution in [0.3, 0.4) is 0 Å². The predicted molar refractivity (Wildman–Crippen MR) is 64.2 cm³/mol. The number of aliphatic hydroxyl groups excluding tert-OH is 2. The van der Waals surface area contributed by atoms with Gasteiger partial charge in [-0.2, -0.15) is 0 Å². The molecule has 1 amide bonds. The van der Waals surface area contributed by atoms with Gasteiger partial charge in [-0.15, -0.1) is 0 Å². The van der Waals surface area contributed by atoms with E-state index < -0.39 is 23.2 Å². The fourth-order valence-corrected chi connectivity index (χ4v) is 1.46. The largest absolute Gasteiger partial charge is 0.447 e. The molecule has 1 rings (SSSR count). The minimum Gasteiger partial charge on any atom is -0.447 e. The number of amides is 1. The summed E-state index contributed by atoms with van der Waals surface area (Å²) in [6, 6.07) is 5.30. The van der Waals surface area contributed by atoms with Gasteiger partial charge in [-0.1, -0.05) is 0 Å². The lowest BCUT2D eigenvalue weighted by atomic mass is 10.0. The first-order valence-electron chi connectivity index (χ1n) is 5.43. The molecule has 0 saturated heterocycles. The number of hydrogen-bond donors (Lipinski definition) is 3. The number of ether oxygens (including phenoxy) is 1. The summed E-state index contributed by atoms with van der Waals surface area (Å²) in [7, 11) is 0. The van der Waals surface area contributed by atoms with Crippen molar-refractivity contribution >= 4 is 11.8 Å². The molecule has 0 aliphatic heterocycles. The van der Waals surface area contributed by atoms with Crippen LogP contribution in [-0.2, 0) is 4.74 Å². The Hall–Kier alpha value is -2.19. The maximum absolute atomic E-state index is 10.5. The zero-order valence-corrected chi connectivity index (χ0v) is 9.93. The van der Waals surface area contributed by atoms with Crippen molar-refractivity contribution in [1.29, 1.82) is 0 Å². The third kappa shape index (κ3) is 4.90. The Morgan fingerprint density at radius 2 is 1.95 bits per heavy atom. The van der Waals surface area contributed by atoms with E-state index >= 15 is 0 Å². The smallest absolute Gasteiger partial charge is 0.404 e. The van der Waals surface area contributed by atoms with Gasteiger partial charge in [0.15, 0.2) is 0 Å². The van der Waals surface area contributed by atoms with E-state index in [1.54, 1.807) is 0 Å². The molecule has 0 fully saturated rings. The van der Waals surface area contributed by atoms with Gasteiger partial charge in [-0.25, -0.2) is 4.79 Å². The highest BCUT2D eigenvalue weighted by atomic mass is 16.6. The third-order valence-electron chi connectivity index (χ3n) is 2.40. The molecule has 1 aromatic rings. The molecule has 0 saturated carbocycles. The Kier molecular flexibility index (Phi) is 5.22. The number of benzene rings is 1.